The normalized spacial score (nSPS) is 19.1. The van der Waals surface area contributed by atoms with Gasteiger partial charge in [-0.25, -0.2) is 10.5 Å². The Kier molecular flexibility index (Phi) is 8.04. The molecule has 10 heteroatoms. The van der Waals surface area contributed by atoms with Crippen LogP contribution < -0.4 is 10.2 Å². The Hall–Kier alpha value is -3.85. The molecule has 1 aliphatic rings. The number of ether oxygens (including phenoxy) is 2. The van der Waals surface area contributed by atoms with Crippen LogP contribution in [0.5, 0.6) is 5.75 Å². The number of hydrogen-bond acceptors (Lipinski definition) is 7. The molecule has 1 amide bonds. The van der Waals surface area contributed by atoms with Crippen molar-refractivity contribution in [3.63, 3.8) is 0 Å². The lowest BCUT2D eigenvalue weighted by Crippen LogP contribution is -2.47. The molecule has 1 aliphatic heterocycles. The molecule has 33 heavy (non-hydrogen) atoms. The third kappa shape index (κ3) is 5.15. The zero-order valence-electron chi connectivity index (χ0n) is 18.2. The Morgan fingerprint density at radius 2 is 2.12 bits per heavy atom. The van der Waals surface area contributed by atoms with Crippen molar-refractivity contribution in [2.24, 2.45) is 10.1 Å². The molecule has 0 radical (unpaired) electrons. The van der Waals surface area contributed by atoms with E-state index < -0.39 is 17.6 Å². The first-order chi connectivity index (χ1) is 16.1. The third-order valence-corrected chi connectivity index (χ3v) is 5.05. The first kappa shape index (κ1) is 23.8. The number of rotatable bonds is 11. The second kappa shape index (κ2) is 11.1. The van der Waals surface area contributed by atoms with E-state index in [4.69, 9.17) is 24.9 Å². The lowest BCUT2D eigenvalue weighted by molar-refractivity contribution is -0.139. The molecule has 2 aromatic rings. The molecule has 0 fully saturated rings. The number of amides is 1. The highest BCUT2D eigenvalue weighted by Gasteiger charge is 2.53. The summed E-state index contributed by atoms with van der Waals surface area (Å²) in [6.45, 7) is 4.23. The number of hydrogen-bond donors (Lipinski definition) is 2. The summed E-state index contributed by atoms with van der Waals surface area (Å²) in [6, 6.07) is 13.9. The van der Waals surface area contributed by atoms with Crippen molar-refractivity contribution in [3.05, 3.63) is 82.8 Å². The monoisotopic (exact) mass is 451 g/mol. The van der Waals surface area contributed by atoms with E-state index in [9.17, 15) is 4.79 Å². The number of nitrogens with one attached hydrogen (secondary N) is 1. The lowest BCUT2D eigenvalue weighted by atomic mass is 9.84. The van der Waals surface area contributed by atoms with Crippen LogP contribution in [-0.4, -0.2) is 42.8 Å². The fraction of sp³-hybridized carbons (Fsp3) is 0.304. The summed E-state index contributed by atoms with van der Waals surface area (Å²) in [4.78, 5) is 25.6. The number of hydroxylamine groups is 1. The summed E-state index contributed by atoms with van der Waals surface area (Å²) < 4.78 is 11.8. The van der Waals surface area contributed by atoms with Gasteiger partial charge in [-0.05, 0) is 29.8 Å². The van der Waals surface area contributed by atoms with Gasteiger partial charge in [-0.15, -0.1) is 6.58 Å². The van der Waals surface area contributed by atoms with Gasteiger partial charge in [0.25, 0.3) is 5.91 Å². The first-order valence-electron chi connectivity index (χ1n) is 10.3. The van der Waals surface area contributed by atoms with Crippen molar-refractivity contribution in [1.82, 2.24) is 5.48 Å². The SMILES string of the molecule is C=CC[C@]1(C(=O)NOC)N=C(c2ccc(OCCCO)cc2)O[C@H]1c1ccccc1N=[N+]=[N-]. The van der Waals surface area contributed by atoms with E-state index in [1.54, 1.807) is 54.6 Å². The van der Waals surface area contributed by atoms with Crippen LogP contribution in [0, 0.1) is 0 Å². The van der Waals surface area contributed by atoms with Gasteiger partial charge in [-0.1, -0.05) is 35.5 Å². The van der Waals surface area contributed by atoms with Gasteiger partial charge in [0.1, 0.15) is 5.75 Å². The molecular formula is C23H25N5O5. The molecule has 0 aromatic heterocycles. The zero-order chi connectivity index (χ0) is 23.7. The minimum absolute atomic E-state index is 0.0519. The van der Waals surface area contributed by atoms with Crippen LogP contribution in [0.1, 0.15) is 30.1 Å². The number of aliphatic hydroxyl groups is 1. The molecule has 172 valence electrons. The fourth-order valence-corrected chi connectivity index (χ4v) is 3.54. The predicted octanol–water partition coefficient (Wildman–Crippen LogP) is 3.90. The minimum Gasteiger partial charge on any atom is -0.494 e. The molecule has 1 heterocycles. The smallest absolute Gasteiger partial charge is 0.276 e. The molecule has 2 atom stereocenters. The van der Waals surface area contributed by atoms with Crippen LogP contribution in [0.4, 0.5) is 5.69 Å². The van der Waals surface area contributed by atoms with Crippen molar-refractivity contribution in [2.45, 2.75) is 24.5 Å². The van der Waals surface area contributed by atoms with Gasteiger partial charge < -0.3 is 14.6 Å². The summed E-state index contributed by atoms with van der Waals surface area (Å²) in [5.41, 5.74) is 11.4. The summed E-state index contributed by atoms with van der Waals surface area (Å²) in [5.74, 6) is 0.348. The zero-order valence-corrected chi connectivity index (χ0v) is 18.2. The van der Waals surface area contributed by atoms with Crippen LogP contribution in [0.25, 0.3) is 10.4 Å². The van der Waals surface area contributed by atoms with Gasteiger partial charge in [0, 0.05) is 41.2 Å². The van der Waals surface area contributed by atoms with Gasteiger partial charge in [-0.2, -0.15) is 0 Å². The standard InChI is InChI=1S/C23H25N5O5/c1-3-13-23(22(30)27-31-2)20(18-7-4-5-8-19(18)26-28-24)33-21(25-23)16-9-11-17(12-10-16)32-15-6-14-29/h3-5,7-12,20,29H,1,6,13-15H2,2H3,(H,27,30)/t20-,23-/m0/s1. The summed E-state index contributed by atoms with van der Waals surface area (Å²) in [7, 11) is 1.33. The molecule has 0 saturated carbocycles. The average molecular weight is 451 g/mol. The number of azide groups is 1. The first-order valence-corrected chi connectivity index (χ1v) is 10.3. The quantitative estimate of drug-likeness (QED) is 0.133. The van der Waals surface area contributed by atoms with Crippen molar-refractivity contribution in [3.8, 4) is 5.75 Å². The van der Waals surface area contributed by atoms with Crippen LogP contribution in [0.2, 0.25) is 0 Å². The Morgan fingerprint density at radius 1 is 1.36 bits per heavy atom. The van der Waals surface area contributed by atoms with Gasteiger partial charge >= 0.3 is 0 Å². The van der Waals surface area contributed by atoms with Gasteiger partial charge in [0.05, 0.1) is 13.7 Å². The molecule has 0 saturated heterocycles. The highest BCUT2D eigenvalue weighted by molar-refractivity contribution is 6.01. The Morgan fingerprint density at radius 3 is 2.79 bits per heavy atom. The number of nitrogens with zero attached hydrogens (tertiary/aromatic N) is 4. The summed E-state index contributed by atoms with van der Waals surface area (Å²) in [5, 5.41) is 12.6. The fourth-order valence-electron chi connectivity index (χ4n) is 3.54. The van der Waals surface area contributed by atoms with Gasteiger partial charge in [-0.3, -0.25) is 9.63 Å². The van der Waals surface area contributed by atoms with Crippen LogP contribution in [0.15, 0.2) is 71.3 Å². The van der Waals surface area contributed by atoms with Crippen LogP contribution >= 0.6 is 0 Å². The van der Waals surface area contributed by atoms with Crippen LogP contribution in [0.3, 0.4) is 0 Å². The number of aliphatic hydroxyl groups excluding tert-OH is 1. The number of carbonyl (C=O) groups excluding carboxylic acids is 1. The number of aliphatic imine (C=N–C) groups is 1. The van der Waals surface area contributed by atoms with Gasteiger partial charge in [0.2, 0.25) is 5.90 Å². The maximum atomic E-state index is 13.2. The highest BCUT2D eigenvalue weighted by Crippen LogP contribution is 2.45. The van der Waals surface area contributed by atoms with Crippen LogP contribution in [-0.2, 0) is 14.4 Å². The molecular weight excluding hydrogens is 426 g/mol. The molecule has 0 unspecified atom stereocenters. The van der Waals surface area contributed by atoms with E-state index in [0.717, 1.165) is 0 Å². The highest BCUT2D eigenvalue weighted by atomic mass is 16.6. The Labute approximate surface area is 191 Å². The Balaban J connectivity index is 2.04. The second-order valence-corrected chi connectivity index (χ2v) is 7.17. The van der Waals surface area contributed by atoms with E-state index in [2.05, 4.69) is 27.1 Å². The maximum Gasteiger partial charge on any atom is 0.276 e. The molecule has 3 rings (SSSR count). The number of carbonyl (C=O) groups is 1. The van der Waals surface area contributed by atoms with E-state index in [1.807, 2.05) is 0 Å². The second-order valence-electron chi connectivity index (χ2n) is 7.17. The van der Waals surface area contributed by atoms with Crippen molar-refractivity contribution in [2.75, 3.05) is 20.3 Å². The van der Waals surface area contributed by atoms with Crippen molar-refractivity contribution < 1.29 is 24.2 Å². The van der Waals surface area contributed by atoms with E-state index in [0.29, 0.717) is 35.6 Å². The average Bonchev–Trinajstić information content (AvgIpc) is 3.21. The molecule has 2 aromatic carbocycles. The number of benzene rings is 2. The largest absolute Gasteiger partial charge is 0.494 e. The minimum atomic E-state index is -1.44. The molecule has 2 N–H and O–H groups in total. The van der Waals surface area contributed by atoms with Crippen molar-refractivity contribution in [1.29, 1.82) is 0 Å². The third-order valence-electron chi connectivity index (χ3n) is 5.05. The molecule has 10 nitrogen and oxygen atoms in total. The van der Waals surface area contributed by atoms with E-state index >= 15 is 0 Å². The Bertz CT molecular complexity index is 1070. The summed E-state index contributed by atoms with van der Waals surface area (Å²) >= 11 is 0. The maximum absolute atomic E-state index is 13.2. The van der Waals surface area contributed by atoms with Gasteiger partial charge in [0.15, 0.2) is 11.6 Å². The topological polar surface area (TPSA) is 138 Å². The molecule has 0 spiro atoms. The molecule has 0 bridgehead atoms. The predicted molar refractivity (Wildman–Crippen MR) is 122 cm³/mol. The van der Waals surface area contributed by atoms with E-state index in [1.165, 1.54) is 7.11 Å². The summed E-state index contributed by atoms with van der Waals surface area (Å²) in [6.07, 6.45) is 1.35. The van der Waals surface area contributed by atoms with E-state index in [-0.39, 0.29) is 18.9 Å². The lowest BCUT2D eigenvalue weighted by Gasteiger charge is -2.29. The van der Waals surface area contributed by atoms with Crippen molar-refractivity contribution >= 4 is 17.5 Å². The molecule has 0 aliphatic carbocycles.